The molecule has 5 heteroatoms. The molecule has 0 radical (unpaired) electrons. The molecular weight excluding hydrogens is 328 g/mol. The summed E-state index contributed by atoms with van der Waals surface area (Å²) in [6, 6.07) is 6.48. The van der Waals surface area contributed by atoms with Crippen LogP contribution < -0.4 is 0 Å². The van der Waals surface area contributed by atoms with E-state index in [0.717, 1.165) is 25.9 Å². The van der Waals surface area contributed by atoms with Gasteiger partial charge in [0.05, 0.1) is 18.8 Å². The van der Waals surface area contributed by atoms with Gasteiger partial charge in [-0.2, -0.15) is 0 Å². The highest BCUT2D eigenvalue weighted by atomic mass is 16.5. The molecule has 2 aliphatic rings. The third-order valence-corrected chi connectivity index (χ3v) is 5.19. The molecule has 1 heterocycles. The topological polar surface area (TPSA) is 62.1 Å². The number of phenolic OH excluding ortho intramolecular Hbond substituents is 1. The van der Waals surface area contributed by atoms with Crippen LogP contribution in [0.1, 0.15) is 30.1 Å². The number of ketones is 1. The number of phenols is 1. The van der Waals surface area contributed by atoms with Crippen molar-refractivity contribution in [3.05, 3.63) is 54.4 Å². The Morgan fingerprint density at radius 1 is 1.31 bits per heavy atom. The number of carbonyl (C=O) groups excluding carboxylic acids is 1. The zero-order valence-corrected chi connectivity index (χ0v) is 15.2. The summed E-state index contributed by atoms with van der Waals surface area (Å²) in [5, 5.41) is 9.33. The predicted molar refractivity (Wildman–Crippen MR) is 102 cm³/mol. The maximum atomic E-state index is 12.4. The largest absolute Gasteiger partial charge is 0.508 e. The lowest BCUT2D eigenvalue weighted by molar-refractivity contribution is 0.0924. The van der Waals surface area contributed by atoms with E-state index in [1.54, 1.807) is 42.8 Å². The van der Waals surface area contributed by atoms with Gasteiger partial charge in [-0.15, -0.1) is 0 Å². The molecule has 1 aliphatic carbocycles. The Bertz CT molecular complexity index is 694. The normalized spacial score (nSPS) is 26.2. The van der Waals surface area contributed by atoms with Gasteiger partial charge in [0.25, 0.3) is 0 Å². The highest BCUT2D eigenvalue weighted by Crippen LogP contribution is 2.40. The number of likely N-dealkylation sites (tertiary alicyclic amines) is 1. The maximum absolute atomic E-state index is 12.4. The number of nitrogens with zero attached hydrogens (tertiary/aromatic N) is 2. The average molecular weight is 354 g/mol. The molecule has 1 aromatic carbocycles. The molecular formula is C21H26N2O3. The van der Waals surface area contributed by atoms with Crippen molar-refractivity contribution in [2.75, 3.05) is 19.6 Å². The van der Waals surface area contributed by atoms with E-state index in [9.17, 15) is 9.90 Å². The molecule has 138 valence electrons. The Balaban J connectivity index is 1.50. The minimum atomic E-state index is 0.104. The lowest BCUT2D eigenvalue weighted by atomic mass is 10.0. The Labute approximate surface area is 154 Å². The summed E-state index contributed by atoms with van der Waals surface area (Å²) in [5.41, 5.74) is 0.651. The van der Waals surface area contributed by atoms with E-state index in [4.69, 9.17) is 4.74 Å². The van der Waals surface area contributed by atoms with Crippen molar-refractivity contribution < 1.29 is 14.6 Å². The van der Waals surface area contributed by atoms with Gasteiger partial charge in [0.2, 0.25) is 0 Å². The van der Waals surface area contributed by atoms with E-state index in [2.05, 4.69) is 16.5 Å². The first kappa shape index (κ1) is 18.4. The van der Waals surface area contributed by atoms with Gasteiger partial charge in [0.15, 0.2) is 5.78 Å². The first-order valence-corrected chi connectivity index (χ1v) is 9.10. The number of aromatic hydroxyl groups is 1. The summed E-state index contributed by atoms with van der Waals surface area (Å²) in [5.74, 6) is 2.15. The highest BCUT2D eigenvalue weighted by Gasteiger charge is 2.42. The van der Waals surface area contributed by atoms with Crippen LogP contribution in [0.25, 0.3) is 0 Å². The lowest BCUT2D eigenvalue weighted by Gasteiger charge is -2.19. The minimum Gasteiger partial charge on any atom is -0.508 e. The van der Waals surface area contributed by atoms with Crippen LogP contribution in [0, 0.1) is 11.8 Å². The number of ether oxygens (including phenoxy) is 1. The fourth-order valence-electron chi connectivity index (χ4n) is 3.98. The van der Waals surface area contributed by atoms with E-state index in [1.165, 1.54) is 0 Å². The second-order valence-corrected chi connectivity index (χ2v) is 7.04. The van der Waals surface area contributed by atoms with Crippen molar-refractivity contribution in [3.63, 3.8) is 0 Å². The van der Waals surface area contributed by atoms with Crippen molar-refractivity contribution in [2.45, 2.75) is 25.9 Å². The standard InChI is InChI=1S/C21H26N2O3/c1-3-19(11-22-4-2)26-20-9-16-12-23(13-17(16)10-20)14-21(25)15-5-7-18(24)8-6-15/h3-8,11,16-17,20,24H,1,9-10,12-14H2,2H3/b19-11+,22-4-/t16-,17+,20+. The molecule has 2 fully saturated rings. The fraction of sp³-hybridized carbons (Fsp3) is 0.429. The molecule has 1 saturated heterocycles. The fourth-order valence-corrected chi connectivity index (χ4v) is 3.98. The Hall–Kier alpha value is -2.40. The zero-order valence-electron chi connectivity index (χ0n) is 15.2. The summed E-state index contributed by atoms with van der Waals surface area (Å²) in [4.78, 5) is 18.7. The van der Waals surface area contributed by atoms with Gasteiger partial charge >= 0.3 is 0 Å². The van der Waals surface area contributed by atoms with Gasteiger partial charge in [-0.05, 0) is 61.9 Å². The first-order chi connectivity index (χ1) is 12.6. The van der Waals surface area contributed by atoms with Gasteiger partial charge in [0.1, 0.15) is 11.5 Å². The molecule has 1 aromatic rings. The second kappa shape index (κ2) is 8.32. The van der Waals surface area contributed by atoms with E-state index in [1.807, 2.05) is 6.92 Å². The average Bonchev–Trinajstić information content (AvgIpc) is 3.16. The summed E-state index contributed by atoms with van der Waals surface area (Å²) in [7, 11) is 0. The van der Waals surface area contributed by atoms with E-state index in [0.29, 0.717) is 29.7 Å². The van der Waals surface area contributed by atoms with Crippen LogP contribution in [0.4, 0.5) is 0 Å². The summed E-state index contributed by atoms with van der Waals surface area (Å²) in [6.07, 6.45) is 7.34. The van der Waals surface area contributed by atoms with Crippen LogP contribution in [0.2, 0.25) is 0 Å². The molecule has 1 saturated carbocycles. The van der Waals surface area contributed by atoms with Crippen LogP contribution in [-0.4, -0.2) is 47.7 Å². The number of benzene rings is 1. The number of Topliss-reactive ketones (excluding diaryl/α,β-unsaturated/α-hetero) is 1. The van der Waals surface area contributed by atoms with Crippen LogP contribution in [0.5, 0.6) is 5.75 Å². The van der Waals surface area contributed by atoms with Crippen molar-refractivity contribution in [3.8, 4) is 5.75 Å². The third-order valence-electron chi connectivity index (χ3n) is 5.19. The number of rotatable bonds is 7. The maximum Gasteiger partial charge on any atom is 0.176 e. The van der Waals surface area contributed by atoms with E-state index < -0.39 is 0 Å². The van der Waals surface area contributed by atoms with Crippen molar-refractivity contribution in [1.29, 1.82) is 0 Å². The molecule has 0 unspecified atom stereocenters. The Morgan fingerprint density at radius 2 is 1.96 bits per heavy atom. The molecule has 26 heavy (non-hydrogen) atoms. The third kappa shape index (κ3) is 4.41. The molecule has 3 rings (SSSR count). The smallest absolute Gasteiger partial charge is 0.176 e. The van der Waals surface area contributed by atoms with Crippen LogP contribution >= 0.6 is 0 Å². The molecule has 0 aromatic heterocycles. The van der Waals surface area contributed by atoms with Crippen LogP contribution in [0.15, 0.2) is 53.9 Å². The predicted octanol–water partition coefficient (Wildman–Crippen LogP) is 3.42. The Kier molecular flexibility index (Phi) is 5.89. The second-order valence-electron chi connectivity index (χ2n) is 7.04. The molecule has 3 atom stereocenters. The van der Waals surface area contributed by atoms with E-state index in [-0.39, 0.29) is 17.6 Å². The lowest BCUT2D eigenvalue weighted by Crippen LogP contribution is -2.29. The molecule has 0 amide bonds. The first-order valence-electron chi connectivity index (χ1n) is 9.10. The number of carbonyl (C=O) groups is 1. The number of allylic oxidation sites excluding steroid dienone is 1. The highest BCUT2D eigenvalue weighted by molar-refractivity contribution is 5.97. The van der Waals surface area contributed by atoms with E-state index >= 15 is 0 Å². The minimum absolute atomic E-state index is 0.104. The van der Waals surface area contributed by atoms with Gasteiger partial charge < -0.3 is 9.84 Å². The van der Waals surface area contributed by atoms with Gasteiger partial charge in [-0.25, -0.2) is 0 Å². The summed E-state index contributed by atoms with van der Waals surface area (Å²) < 4.78 is 6.02. The number of hydrogen-bond acceptors (Lipinski definition) is 5. The number of fused-ring (bicyclic) bond motifs is 1. The molecule has 5 nitrogen and oxygen atoms in total. The monoisotopic (exact) mass is 354 g/mol. The molecule has 1 N–H and O–H groups in total. The van der Waals surface area contributed by atoms with Gasteiger partial charge in [-0.1, -0.05) is 6.58 Å². The zero-order chi connectivity index (χ0) is 18.5. The SMILES string of the molecule is C=C/C(=C\N=C/C)O[C@H]1C[C@@H]2CN(CC(=O)c3ccc(O)cc3)C[C@@H]2C1. The van der Waals surface area contributed by atoms with Crippen LogP contribution in [0.3, 0.4) is 0 Å². The van der Waals surface area contributed by atoms with Crippen molar-refractivity contribution in [2.24, 2.45) is 16.8 Å². The van der Waals surface area contributed by atoms with Crippen molar-refractivity contribution >= 4 is 12.0 Å². The quantitative estimate of drug-likeness (QED) is 0.353. The number of aliphatic imine (C=N–C) groups is 1. The van der Waals surface area contributed by atoms with Crippen LogP contribution in [-0.2, 0) is 4.74 Å². The van der Waals surface area contributed by atoms with Crippen molar-refractivity contribution in [1.82, 2.24) is 4.90 Å². The molecule has 1 aliphatic heterocycles. The summed E-state index contributed by atoms with van der Waals surface area (Å²) >= 11 is 0. The molecule has 0 bridgehead atoms. The van der Waals surface area contributed by atoms with Gasteiger partial charge in [0, 0.05) is 24.9 Å². The van der Waals surface area contributed by atoms with Gasteiger partial charge in [-0.3, -0.25) is 14.7 Å². The Morgan fingerprint density at radius 3 is 2.54 bits per heavy atom. The molecule has 0 spiro atoms. The summed E-state index contributed by atoms with van der Waals surface area (Å²) in [6.45, 7) is 7.96. The number of hydrogen-bond donors (Lipinski definition) is 1.